The summed E-state index contributed by atoms with van der Waals surface area (Å²) in [5.41, 5.74) is -1.85. The molecular weight excluding hydrogens is 620 g/mol. The maximum absolute atomic E-state index is 13.4. The molecule has 3 rings (SSSR count). The minimum Gasteiger partial charge on any atom is -0.457 e. The van der Waals surface area contributed by atoms with E-state index in [1.807, 2.05) is 20.8 Å². The van der Waals surface area contributed by atoms with E-state index in [-0.39, 0.29) is 43.6 Å². The molecule has 3 aliphatic rings. The van der Waals surface area contributed by atoms with E-state index in [1.54, 1.807) is 63.0 Å². The first-order chi connectivity index (χ1) is 22.4. The molecule has 2 bridgehead atoms. The lowest BCUT2D eigenvalue weighted by Gasteiger charge is -2.38. The number of carbonyl (C=O) groups is 3. The number of aliphatic hydroxyl groups excluding tert-OH is 2. The molecule has 0 saturated carbocycles. The van der Waals surface area contributed by atoms with Gasteiger partial charge in [-0.25, -0.2) is 4.79 Å². The third-order valence-electron chi connectivity index (χ3n) is 9.58. The molecule has 272 valence electrons. The summed E-state index contributed by atoms with van der Waals surface area (Å²) in [6, 6.07) is 0.264. The molecule has 2 fully saturated rings. The summed E-state index contributed by atoms with van der Waals surface area (Å²) >= 11 is 0. The van der Waals surface area contributed by atoms with Crippen LogP contribution in [-0.4, -0.2) is 111 Å². The summed E-state index contributed by atoms with van der Waals surface area (Å²) < 4.78 is 23.5. The Labute approximate surface area is 285 Å². The van der Waals surface area contributed by atoms with Gasteiger partial charge in [-0.1, -0.05) is 38.2 Å². The zero-order valence-corrected chi connectivity index (χ0v) is 29.9. The van der Waals surface area contributed by atoms with Crippen LogP contribution in [0.15, 0.2) is 36.0 Å². The van der Waals surface area contributed by atoms with Gasteiger partial charge in [-0.2, -0.15) is 0 Å². The van der Waals surface area contributed by atoms with Gasteiger partial charge in [0, 0.05) is 44.4 Å². The van der Waals surface area contributed by atoms with Gasteiger partial charge in [0.15, 0.2) is 11.7 Å². The molecule has 12 heteroatoms. The highest BCUT2D eigenvalue weighted by Gasteiger charge is 2.46. The van der Waals surface area contributed by atoms with Crippen LogP contribution in [0.3, 0.4) is 0 Å². The van der Waals surface area contributed by atoms with Gasteiger partial charge in [-0.3, -0.25) is 9.59 Å². The second kappa shape index (κ2) is 17.2. The number of fused-ring (bicyclic) bond motifs is 2. The Hall–Kier alpha value is -2.77. The molecule has 0 aromatic rings. The van der Waals surface area contributed by atoms with Crippen LogP contribution in [0.1, 0.15) is 93.9 Å². The third-order valence-corrected chi connectivity index (χ3v) is 9.58. The quantitative estimate of drug-likeness (QED) is 0.109. The van der Waals surface area contributed by atoms with Gasteiger partial charge >= 0.3 is 18.0 Å². The summed E-state index contributed by atoms with van der Waals surface area (Å²) in [6.07, 6.45) is 5.67. The van der Waals surface area contributed by atoms with E-state index < -0.39 is 59.6 Å². The largest absolute Gasteiger partial charge is 0.457 e. The highest BCUT2D eigenvalue weighted by molar-refractivity contribution is 5.71. The first-order valence-corrected chi connectivity index (χ1v) is 17.3. The van der Waals surface area contributed by atoms with Crippen LogP contribution >= 0.6 is 0 Å². The molecule has 0 spiro atoms. The summed E-state index contributed by atoms with van der Waals surface area (Å²) in [6.45, 7) is 15.0. The molecule has 3 aliphatic heterocycles. The van der Waals surface area contributed by atoms with Gasteiger partial charge in [0.05, 0.1) is 36.4 Å². The van der Waals surface area contributed by atoms with E-state index in [2.05, 4.69) is 5.32 Å². The van der Waals surface area contributed by atoms with Crippen molar-refractivity contribution in [1.29, 1.82) is 0 Å². The van der Waals surface area contributed by atoms with Crippen molar-refractivity contribution >= 4 is 18.0 Å². The monoisotopic (exact) mass is 678 g/mol. The Morgan fingerprint density at radius 3 is 2.58 bits per heavy atom. The number of likely N-dealkylation sites (tertiary alicyclic amines) is 1. The number of allylic oxidation sites excluding steroid dienone is 2. The minimum absolute atomic E-state index is 0.0361. The van der Waals surface area contributed by atoms with E-state index >= 15 is 0 Å². The van der Waals surface area contributed by atoms with Crippen molar-refractivity contribution in [3.8, 4) is 0 Å². The molecule has 3 heterocycles. The summed E-state index contributed by atoms with van der Waals surface area (Å²) in [4.78, 5) is 40.3. The Morgan fingerprint density at radius 2 is 1.98 bits per heavy atom. The number of carbonyl (C=O) groups excluding carboxylic acids is 3. The van der Waals surface area contributed by atoms with Gasteiger partial charge in [-0.15, -0.1) is 0 Å². The van der Waals surface area contributed by atoms with Crippen molar-refractivity contribution in [2.75, 3.05) is 13.1 Å². The van der Waals surface area contributed by atoms with Crippen LogP contribution in [-0.2, 0) is 28.5 Å². The Bertz CT molecular complexity index is 1200. The second-order valence-corrected chi connectivity index (χ2v) is 14.4. The Kier molecular flexibility index (Phi) is 14.3. The molecule has 48 heavy (non-hydrogen) atoms. The average Bonchev–Trinajstić information content (AvgIpc) is 3.63. The van der Waals surface area contributed by atoms with Crippen molar-refractivity contribution in [3.63, 3.8) is 0 Å². The fraction of sp³-hybridized carbons (Fsp3) is 0.750. The smallest absolute Gasteiger partial charge is 0.410 e. The second-order valence-electron chi connectivity index (χ2n) is 14.4. The van der Waals surface area contributed by atoms with Crippen LogP contribution < -0.4 is 5.32 Å². The minimum atomic E-state index is -1.32. The van der Waals surface area contributed by atoms with E-state index in [1.165, 1.54) is 6.92 Å². The number of cyclic esters (lactones) is 1. The van der Waals surface area contributed by atoms with Crippen molar-refractivity contribution in [1.82, 2.24) is 10.2 Å². The van der Waals surface area contributed by atoms with E-state index in [4.69, 9.17) is 18.9 Å². The third kappa shape index (κ3) is 11.4. The Balaban J connectivity index is 1.81. The SMILES string of the molecule is CC[C@H](O)[C@@H](C)O[C@@H](C)CC(C)(O)/C=C/C=C(\C)[C@H]1OC(=O)C[C@H](O)CC[C@@](C)(OC(=O)N2C[C@H]3C[C@@H]2CN3)[C@@H](OC(C)=O)/C=C/[C@@H]1C. The predicted molar refractivity (Wildman–Crippen MR) is 180 cm³/mol. The van der Waals surface area contributed by atoms with Crippen molar-refractivity contribution in [2.45, 2.75) is 154 Å². The summed E-state index contributed by atoms with van der Waals surface area (Å²) in [5.74, 6) is -1.54. The van der Waals surface area contributed by atoms with Crippen LogP contribution in [0.25, 0.3) is 0 Å². The molecule has 0 aliphatic carbocycles. The lowest BCUT2D eigenvalue weighted by molar-refractivity contribution is -0.158. The first kappa shape index (κ1) is 39.7. The highest BCUT2D eigenvalue weighted by atomic mass is 16.6. The number of rotatable bonds is 11. The zero-order chi connectivity index (χ0) is 35.8. The molecule has 1 amide bonds. The molecule has 1 unspecified atom stereocenters. The number of aliphatic hydroxyl groups is 3. The van der Waals surface area contributed by atoms with Crippen LogP contribution in [0.2, 0.25) is 0 Å². The van der Waals surface area contributed by atoms with Gasteiger partial charge in [0.2, 0.25) is 0 Å². The standard InChI is InChI=1S/C36H58N2O10/c1-9-30(41)25(5)45-24(4)19-35(7,44)15-10-11-22(2)33-23(3)12-13-31(46-26(6)39)36(8,16-14-29(40)18-32(42)47-33)48-34(43)38-21-27-17-28(38)20-37-27/h10-13,15,23-25,27-31,33,37,40-41,44H,9,14,16-21H2,1-8H3/b13-12+,15-10+,22-11+/t23-,24-,25+,27+,28+,29+,30-,31-,33+,35?,36+/m0/s1. The fourth-order valence-electron chi connectivity index (χ4n) is 6.76. The van der Waals surface area contributed by atoms with E-state index in [9.17, 15) is 29.7 Å². The molecule has 4 N–H and O–H groups in total. The first-order valence-electron chi connectivity index (χ1n) is 17.3. The molecular formula is C36H58N2O10. The average molecular weight is 679 g/mol. The van der Waals surface area contributed by atoms with Crippen molar-refractivity contribution in [3.05, 3.63) is 36.0 Å². The molecule has 12 nitrogen and oxygen atoms in total. The van der Waals surface area contributed by atoms with Gasteiger partial charge in [-0.05, 0) is 72.0 Å². The normalized spacial score (nSPS) is 33.9. The van der Waals surface area contributed by atoms with Crippen LogP contribution in [0, 0.1) is 5.92 Å². The number of nitrogens with zero attached hydrogens (tertiary/aromatic N) is 1. The summed E-state index contributed by atoms with van der Waals surface area (Å²) in [7, 11) is 0. The molecule has 0 aromatic heterocycles. The molecule has 0 aromatic carbocycles. The Morgan fingerprint density at radius 1 is 1.27 bits per heavy atom. The number of amides is 1. The van der Waals surface area contributed by atoms with Crippen molar-refractivity contribution in [2.24, 2.45) is 5.92 Å². The van der Waals surface area contributed by atoms with Gasteiger partial charge in [0.25, 0.3) is 0 Å². The van der Waals surface area contributed by atoms with Gasteiger partial charge < -0.3 is 44.5 Å². The zero-order valence-electron chi connectivity index (χ0n) is 29.9. The number of piperazine rings is 1. The molecule has 2 saturated heterocycles. The highest BCUT2D eigenvalue weighted by Crippen LogP contribution is 2.33. The number of hydrogen-bond acceptors (Lipinski definition) is 11. The predicted octanol–water partition coefficient (Wildman–Crippen LogP) is 3.72. The van der Waals surface area contributed by atoms with Crippen molar-refractivity contribution < 1.29 is 48.7 Å². The number of esters is 2. The lowest BCUT2D eigenvalue weighted by atomic mass is 9.88. The molecule has 0 radical (unpaired) electrons. The number of ether oxygens (including phenoxy) is 4. The topological polar surface area (TPSA) is 164 Å². The lowest BCUT2D eigenvalue weighted by Crippen LogP contribution is -2.52. The maximum Gasteiger partial charge on any atom is 0.410 e. The maximum atomic E-state index is 13.4. The van der Waals surface area contributed by atoms with Crippen LogP contribution in [0.4, 0.5) is 4.79 Å². The van der Waals surface area contributed by atoms with Crippen LogP contribution in [0.5, 0.6) is 0 Å². The molecule has 11 atom stereocenters. The van der Waals surface area contributed by atoms with E-state index in [0.29, 0.717) is 31.5 Å². The number of hydrogen-bond donors (Lipinski definition) is 4. The summed E-state index contributed by atoms with van der Waals surface area (Å²) in [5, 5.41) is 35.2. The fourth-order valence-corrected chi connectivity index (χ4v) is 6.76. The van der Waals surface area contributed by atoms with Gasteiger partial charge in [0.1, 0.15) is 6.10 Å². The number of nitrogens with one attached hydrogen (secondary N) is 1. The van der Waals surface area contributed by atoms with E-state index in [0.717, 1.165) is 6.42 Å².